The van der Waals surface area contributed by atoms with Gasteiger partial charge >= 0.3 is 0 Å². The molecule has 1 amide bonds. The molecule has 0 aromatic carbocycles. The molecule has 18 heavy (non-hydrogen) atoms. The summed E-state index contributed by atoms with van der Waals surface area (Å²) in [4.78, 5) is 15.4. The number of hydrogen-bond acceptors (Lipinski definition) is 5. The molecule has 2 heterocycles. The standard InChI is InChI=1S/C12H16N2O4/c13-12(16)11-8(3-5-15)1-2-10(14-11)18-9-4-6-17-7-9/h1-2,9,15H,3-7H2,(H2,13,16)/t9-/m1/s1. The van der Waals surface area contributed by atoms with Crippen molar-refractivity contribution in [2.75, 3.05) is 19.8 Å². The van der Waals surface area contributed by atoms with Crippen molar-refractivity contribution in [1.82, 2.24) is 4.98 Å². The Balaban J connectivity index is 2.16. The topological polar surface area (TPSA) is 94.7 Å². The first-order valence-corrected chi connectivity index (χ1v) is 5.85. The largest absolute Gasteiger partial charge is 0.472 e. The van der Waals surface area contributed by atoms with Gasteiger partial charge in [-0.3, -0.25) is 4.79 Å². The summed E-state index contributed by atoms with van der Waals surface area (Å²) in [6.07, 6.45) is 1.13. The van der Waals surface area contributed by atoms with Crippen LogP contribution in [-0.2, 0) is 11.2 Å². The number of carbonyl (C=O) groups is 1. The van der Waals surface area contributed by atoms with Gasteiger partial charge in [0.15, 0.2) is 0 Å². The molecule has 6 nitrogen and oxygen atoms in total. The van der Waals surface area contributed by atoms with Crippen molar-refractivity contribution in [2.24, 2.45) is 5.73 Å². The van der Waals surface area contributed by atoms with Crippen LogP contribution in [0, 0.1) is 0 Å². The number of pyridine rings is 1. The van der Waals surface area contributed by atoms with Gasteiger partial charge < -0.3 is 20.3 Å². The van der Waals surface area contributed by atoms with Crippen molar-refractivity contribution >= 4 is 5.91 Å². The van der Waals surface area contributed by atoms with Gasteiger partial charge in [0.2, 0.25) is 5.88 Å². The van der Waals surface area contributed by atoms with Gasteiger partial charge in [0, 0.05) is 19.1 Å². The zero-order valence-electron chi connectivity index (χ0n) is 9.96. The van der Waals surface area contributed by atoms with E-state index in [1.54, 1.807) is 12.1 Å². The lowest BCUT2D eigenvalue weighted by Crippen LogP contribution is -2.20. The monoisotopic (exact) mass is 252 g/mol. The highest BCUT2D eigenvalue weighted by molar-refractivity contribution is 5.92. The Hall–Kier alpha value is -1.66. The number of ether oxygens (including phenoxy) is 2. The number of nitrogens with zero attached hydrogens (tertiary/aromatic N) is 1. The molecular formula is C12H16N2O4. The summed E-state index contributed by atoms with van der Waals surface area (Å²) >= 11 is 0. The predicted molar refractivity (Wildman–Crippen MR) is 63.4 cm³/mol. The fourth-order valence-corrected chi connectivity index (χ4v) is 1.85. The maximum absolute atomic E-state index is 11.3. The maximum atomic E-state index is 11.3. The van der Waals surface area contributed by atoms with E-state index in [2.05, 4.69) is 4.98 Å². The smallest absolute Gasteiger partial charge is 0.267 e. The number of rotatable bonds is 5. The molecule has 1 saturated heterocycles. The predicted octanol–water partition coefficient (Wildman–Crippen LogP) is -0.117. The van der Waals surface area contributed by atoms with Gasteiger partial charge in [-0.25, -0.2) is 4.98 Å². The first-order chi connectivity index (χ1) is 8.70. The van der Waals surface area contributed by atoms with Crippen LogP contribution >= 0.6 is 0 Å². The quantitative estimate of drug-likeness (QED) is 0.762. The van der Waals surface area contributed by atoms with E-state index in [0.717, 1.165) is 6.42 Å². The third kappa shape index (κ3) is 2.96. The lowest BCUT2D eigenvalue weighted by Gasteiger charge is -2.12. The van der Waals surface area contributed by atoms with Gasteiger partial charge in [0.05, 0.1) is 13.2 Å². The van der Waals surface area contributed by atoms with E-state index in [-0.39, 0.29) is 18.4 Å². The highest BCUT2D eigenvalue weighted by Crippen LogP contribution is 2.17. The lowest BCUT2D eigenvalue weighted by atomic mass is 10.1. The van der Waals surface area contributed by atoms with Crippen molar-refractivity contribution in [2.45, 2.75) is 18.9 Å². The number of aliphatic hydroxyl groups is 1. The first-order valence-electron chi connectivity index (χ1n) is 5.85. The molecule has 1 aromatic heterocycles. The number of amides is 1. The van der Waals surface area contributed by atoms with Crippen LogP contribution in [0.25, 0.3) is 0 Å². The van der Waals surface area contributed by atoms with Crippen LogP contribution < -0.4 is 10.5 Å². The summed E-state index contributed by atoms with van der Waals surface area (Å²) in [5.41, 5.74) is 6.04. The number of aliphatic hydroxyl groups excluding tert-OH is 1. The van der Waals surface area contributed by atoms with E-state index in [4.69, 9.17) is 20.3 Å². The molecule has 1 aromatic rings. The summed E-state index contributed by atoms with van der Waals surface area (Å²) < 4.78 is 10.8. The lowest BCUT2D eigenvalue weighted by molar-refractivity contribution is 0.0991. The van der Waals surface area contributed by atoms with Gasteiger partial charge in [-0.05, 0) is 12.0 Å². The third-order valence-electron chi connectivity index (χ3n) is 2.74. The second kappa shape index (κ2) is 5.79. The molecule has 0 radical (unpaired) electrons. The molecule has 0 aliphatic carbocycles. The van der Waals surface area contributed by atoms with Gasteiger partial charge in [-0.2, -0.15) is 0 Å². The minimum absolute atomic E-state index is 0.0260. The highest BCUT2D eigenvalue weighted by atomic mass is 16.5. The second-order valence-electron chi connectivity index (χ2n) is 4.10. The van der Waals surface area contributed by atoms with Gasteiger partial charge in [-0.15, -0.1) is 0 Å². The Bertz CT molecular complexity index is 430. The van der Waals surface area contributed by atoms with Crippen molar-refractivity contribution < 1.29 is 19.4 Å². The molecule has 0 unspecified atom stereocenters. The Morgan fingerprint density at radius 3 is 3.06 bits per heavy atom. The Morgan fingerprint density at radius 1 is 1.61 bits per heavy atom. The van der Waals surface area contributed by atoms with Crippen molar-refractivity contribution in [1.29, 1.82) is 0 Å². The van der Waals surface area contributed by atoms with E-state index in [0.29, 0.717) is 31.1 Å². The minimum Gasteiger partial charge on any atom is -0.472 e. The van der Waals surface area contributed by atoms with Crippen LogP contribution in [0.4, 0.5) is 0 Å². The first kappa shape index (κ1) is 12.8. The van der Waals surface area contributed by atoms with E-state index in [1.165, 1.54) is 0 Å². The second-order valence-corrected chi connectivity index (χ2v) is 4.10. The van der Waals surface area contributed by atoms with Crippen LogP contribution in [0.3, 0.4) is 0 Å². The highest BCUT2D eigenvalue weighted by Gasteiger charge is 2.19. The number of nitrogens with two attached hydrogens (primary N) is 1. The van der Waals surface area contributed by atoms with E-state index in [9.17, 15) is 4.79 Å². The Morgan fingerprint density at radius 2 is 2.44 bits per heavy atom. The average Bonchev–Trinajstić information content (AvgIpc) is 2.84. The molecule has 1 aliphatic heterocycles. The number of aromatic nitrogens is 1. The molecule has 6 heteroatoms. The summed E-state index contributed by atoms with van der Waals surface area (Å²) in [5.74, 6) is -0.257. The van der Waals surface area contributed by atoms with Crippen molar-refractivity contribution in [3.05, 3.63) is 23.4 Å². The van der Waals surface area contributed by atoms with Crippen LogP contribution in [0.1, 0.15) is 22.5 Å². The normalized spacial score (nSPS) is 18.8. The zero-order valence-corrected chi connectivity index (χ0v) is 9.96. The van der Waals surface area contributed by atoms with Crippen LogP contribution in [-0.4, -0.2) is 41.9 Å². The molecular weight excluding hydrogens is 236 g/mol. The maximum Gasteiger partial charge on any atom is 0.267 e. The SMILES string of the molecule is NC(=O)c1nc(O[C@@H]2CCOC2)ccc1CCO. The number of carbonyl (C=O) groups excluding carboxylic acids is 1. The van der Waals surface area contributed by atoms with Gasteiger partial charge in [-0.1, -0.05) is 6.07 Å². The van der Waals surface area contributed by atoms with Crippen LogP contribution in [0.2, 0.25) is 0 Å². The van der Waals surface area contributed by atoms with Crippen LogP contribution in [0.15, 0.2) is 12.1 Å². The third-order valence-corrected chi connectivity index (χ3v) is 2.74. The molecule has 3 N–H and O–H groups in total. The molecule has 0 spiro atoms. The molecule has 1 fully saturated rings. The number of hydrogen-bond donors (Lipinski definition) is 2. The minimum atomic E-state index is -0.619. The summed E-state index contributed by atoms with van der Waals surface area (Å²) in [7, 11) is 0. The zero-order chi connectivity index (χ0) is 13.0. The molecule has 98 valence electrons. The van der Waals surface area contributed by atoms with Gasteiger partial charge in [0.1, 0.15) is 11.8 Å². The van der Waals surface area contributed by atoms with Gasteiger partial charge in [0.25, 0.3) is 5.91 Å². The van der Waals surface area contributed by atoms with Crippen molar-refractivity contribution in [3.8, 4) is 5.88 Å². The number of primary amides is 1. The molecule has 0 bridgehead atoms. The summed E-state index contributed by atoms with van der Waals surface area (Å²) in [6.45, 7) is 1.15. The van der Waals surface area contributed by atoms with E-state index in [1.807, 2.05) is 0 Å². The average molecular weight is 252 g/mol. The summed E-state index contributed by atoms with van der Waals surface area (Å²) in [5, 5.41) is 8.90. The van der Waals surface area contributed by atoms with Crippen LogP contribution in [0.5, 0.6) is 5.88 Å². The van der Waals surface area contributed by atoms with Crippen molar-refractivity contribution in [3.63, 3.8) is 0 Å². The summed E-state index contributed by atoms with van der Waals surface area (Å²) in [6, 6.07) is 3.38. The van der Waals surface area contributed by atoms with E-state index < -0.39 is 5.91 Å². The molecule has 1 atom stereocenters. The fraction of sp³-hybridized carbons (Fsp3) is 0.500. The Kier molecular flexibility index (Phi) is 4.11. The molecule has 1 aliphatic rings. The molecule has 2 rings (SSSR count). The van der Waals surface area contributed by atoms with E-state index >= 15 is 0 Å². The Labute approximate surface area is 105 Å². The molecule has 0 saturated carbocycles. The fourth-order valence-electron chi connectivity index (χ4n) is 1.85.